The van der Waals surface area contributed by atoms with E-state index in [1.807, 2.05) is 0 Å². The fourth-order valence-corrected chi connectivity index (χ4v) is 9.10. The molecule has 0 saturated heterocycles. The van der Waals surface area contributed by atoms with E-state index < -0.39 is 15.4 Å². The highest BCUT2D eigenvalue weighted by molar-refractivity contribution is 14.1. The first-order valence-corrected chi connectivity index (χ1v) is 10.3. The second-order valence-corrected chi connectivity index (χ2v) is 10.7. The van der Waals surface area contributed by atoms with Gasteiger partial charge in [-0.3, -0.25) is 4.55 Å². The molecule has 5 atom stereocenters. The summed E-state index contributed by atoms with van der Waals surface area (Å²) in [4.78, 5) is 0. The predicted molar refractivity (Wildman–Crippen MR) is 91.2 cm³/mol. The van der Waals surface area contributed by atoms with E-state index in [0.29, 0.717) is 14.3 Å². The maximum atomic E-state index is 11.1. The van der Waals surface area contributed by atoms with Gasteiger partial charge < -0.3 is 0 Å². The van der Waals surface area contributed by atoms with Crippen LogP contribution in [-0.4, -0.2) is 33.9 Å². The lowest BCUT2D eigenvalue weighted by molar-refractivity contribution is 0.450. The Morgan fingerprint density at radius 2 is 1.50 bits per heavy atom. The van der Waals surface area contributed by atoms with Crippen molar-refractivity contribution < 1.29 is 13.0 Å². The molecule has 0 aliphatic heterocycles. The standard InChI is InChI=1S/C6H8I4O3S/c7-2-1-3(14(11,12)13)5(9)6(10)4(2)8/h2-6H,1H2,(H,11,12,13). The van der Waals surface area contributed by atoms with Crippen LogP contribution in [0.1, 0.15) is 6.42 Å². The Balaban J connectivity index is 2.92. The first-order chi connectivity index (χ1) is 6.25. The molecule has 0 bridgehead atoms. The van der Waals surface area contributed by atoms with Crippen LogP contribution in [0.2, 0.25) is 0 Å². The zero-order chi connectivity index (χ0) is 11.1. The van der Waals surface area contributed by atoms with E-state index in [2.05, 4.69) is 90.4 Å². The van der Waals surface area contributed by atoms with Crippen LogP contribution < -0.4 is 0 Å². The summed E-state index contributed by atoms with van der Waals surface area (Å²) in [6.07, 6.45) is 0.556. The van der Waals surface area contributed by atoms with Crippen molar-refractivity contribution in [1.29, 1.82) is 0 Å². The maximum Gasteiger partial charge on any atom is 0.268 e. The molecule has 0 aromatic heterocycles. The van der Waals surface area contributed by atoms with Gasteiger partial charge in [-0.25, -0.2) is 0 Å². The van der Waals surface area contributed by atoms with Crippen LogP contribution in [0, 0.1) is 0 Å². The molecule has 0 heterocycles. The van der Waals surface area contributed by atoms with E-state index >= 15 is 0 Å². The average Bonchev–Trinajstić information content (AvgIpc) is 2.06. The van der Waals surface area contributed by atoms with Crippen LogP contribution in [0.3, 0.4) is 0 Å². The molecule has 3 nitrogen and oxygen atoms in total. The Labute approximate surface area is 138 Å². The van der Waals surface area contributed by atoms with E-state index in [1.165, 1.54) is 0 Å². The van der Waals surface area contributed by atoms with Crippen molar-refractivity contribution in [3.05, 3.63) is 0 Å². The van der Waals surface area contributed by atoms with E-state index in [-0.39, 0.29) is 7.85 Å². The fourth-order valence-electron chi connectivity index (χ4n) is 1.35. The first-order valence-electron chi connectivity index (χ1n) is 3.77. The monoisotopic (exact) mass is 668 g/mol. The molecule has 1 N–H and O–H groups in total. The molecule has 8 heteroatoms. The number of halogens is 4. The number of hydrogen-bond donors (Lipinski definition) is 1. The summed E-state index contributed by atoms with van der Waals surface area (Å²) < 4.78 is 32.4. The molecule has 1 aliphatic carbocycles. The molecule has 1 aliphatic rings. The van der Waals surface area contributed by atoms with Crippen LogP contribution in [0.15, 0.2) is 0 Å². The molecular weight excluding hydrogens is 660 g/mol. The number of alkyl halides is 4. The molecule has 0 aromatic carbocycles. The van der Waals surface area contributed by atoms with Crippen molar-refractivity contribution in [2.45, 2.75) is 27.4 Å². The van der Waals surface area contributed by atoms with Gasteiger partial charge in [-0.1, -0.05) is 90.4 Å². The van der Waals surface area contributed by atoms with Gasteiger partial charge in [0.15, 0.2) is 0 Å². The van der Waals surface area contributed by atoms with Gasteiger partial charge in [0.1, 0.15) is 5.25 Å². The van der Waals surface area contributed by atoms with Crippen LogP contribution in [0.25, 0.3) is 0 Å². The summed E-state index contributed by atoms with van der Waals surface area (Å²) in [5, 5.41) is -0.599. The van der Waals surface area contributed by atoms with E-state index in [4.69, 9.17) is 4.55 Å². The molecule has 5 unspecified atom stereocenters. The molecule has 1 rings (SSSR count). The predicted octanol–water partition coefficient (Wildman–Crippen LogP) is 2.86. The summed E-state index contributed by atoms with van der Waals surface area (Å²) in [6.45, 7) is 0. The summed E-state index contributed by atoms with van der Waals surface area (Å²) in [7, 11) is -3.88. The largest absolute Gasteiger partial charge is 0.285 e. The van der Waals surface area contributed by atoms with Crippen molar-refractivity contribution in [2.75, 3.05) is 0 Å². The quantitative estimate of drug-likeness (QED) is 0.266. The highest BCUT2D eigenvalue weighted by atomic mass is 127. The Bertz CT molecular complexity index is 306. The molecule has 84 valence electrons. The number of rotatable bonds is 1. The lowest BCUT2D eigenvalue weighted by Crippen LogP contribution is -2.48. The van der Waals surface area contributed by atoms with Crippen molar-refractivity contribution in [3.63, 3.8) is 0 Å². The first kappa shape index (κ1) is 14.9. The molecule has 1 saturated carbocycles. The Kier molecular flexibility index (Phi) is 6.01. The Morgan fingerprint density at radius 3 is 1.93 bits per heavy atom. The number of hydrogen-bond acceptors (Lipinski definition) is 2. The molecule has 0 aromatic rings. The van der Waals surface area contributed by atoms with E-state index in [0.717, 1.165) is 0 Å². The van der Waals surface area contributed by atoms with Gasteiger partial charge in [0, 0.05) is 15.7 Å². The maximum absolute atomic E-state index is 11.1. The third-order valence-electron chi connectivity index (χ3n) is 2.15. The minimum atomic E-state index is -3.88. The van der Waals surface area contributed by atoms with Crippen molar-refractivity contribution in [1.82, 2.24) is 0 Å². The fraction of sp³-hybridized carbons (Fsp3) is 1.00. The molecule has 14 heavy (non-hydrogen) atoms. The van der Waals surface area contributed by atoms with Gasteiger partial charge in [0.2, 0.25) is 0 Å². The van der Waals surface area contributed by atoms with E-state index in [9.17, 15) is 8.42 Å². The van der Waals surface area contributed by atoms with Crippen LogP contribution >= 0.6 is 90.4 Å². The van der Waals surface area contributed by atoms with Crippen molar-refractivity contribution >= 4 is 100 Å². The van der Waals surface area contributed by atoms with Crippen LogP contribution in [-0.2, 0) is 10.1 Å². The highest BCUT2D eigenvalue weighted by Gasteiger charge is 2.45. The third-order valence-corrected chi connectivity index (χ3v) is 14.1. The average molecular weight is 668 g/mol. The van der Waals surface area contributed by atoms with Gasteiger partial charge in [-0.2, -0.15) is 8.42 Å². The van der Waals surface area contributed by atoms with Crippen molar-refractivity contribution in [3.8, 4) is 0 Å². The third kappa shape index (κ3) is 3.41. The minimum Gasteiger partial charge on any atom is -0.285 e. The lowest BCUT2D eigenvalue weighted by Gasteiger charge is -2.36. The SMILES string of the molecule is O=S(=O)(O)C1CC(I)C(I)C(I)C1I. The zero-order valence-electron chi connectivity index (χ0n) is 6.78. The topological polar surface area (TPSA) is 54.4 Å². The summed E-state index contributed by atoms with van der Waals surface area (Å²) in [5.74, 6) is 0. The molecular formula is C6H8I4O3S. The second kappa shape index (κ2) is 5.65. The highest BCUT2D eigenvalue weighted by Crippen LogP contribution is 2.41. The van der Waals surface area contributed by atoms with Crippen molar-refractivity contribution in [2.24, 2.45) is 0 Å². The molecule has 0 amide bonds. The Morgan fingerprint density at radius 1 is 1.00 bits per heavy atom. The van der Waals surface area contributed by atoms with Crippen LogP contribution in [0.5, 0.6) is 0 Å². The van der Waals surface area contributed by atoms with Gasteiger partial charge in [0.05, 0.1) is 0 Å². The lowest BCUT2D eigenvalue weighted by atomic mass is 10.00. The summed E-state index contributed by atoms with van der Waals surface area (Å²) >= 11 is 9.06. The second-order valence-electron chi connectivity index (χ2n) is 3.14. The normalized spacial score (nSPS) is 45.1. The zero-order valence-corrected chi connectivity index (χ0v) is 16.2. The summed E-state index contributed by atoms with van der Waals surface area (Å²) in [5.41, 5.74) is 0. The van der Waals surface area contributed by atoms with Gasteiger partial charge >= 0.3 is 0 Å². The Hall–Kier alpha value is 2.83. The van der Waals surface area contributed by atoms with Gasteiger partial charge in [-0.15, -0.1) is 0 Å². The van der Waals surface area contributed by atoms with Gasteiger partial charge in [0.25, 0.3) is 10.1 Å². The molecule has 1 fully saturated rings. The smallest absolute Gasteiger partial charge is 0.268 e. The summed E-state index contributed by atoms with van der Waals surface area (Å²) in [6, 6.07) is 0. The van der Waals surface area contributed by atoms with Gasteiger partial charge in [-0.05, 0) is 6.42 Å². The van der Waals surface area contributed by atoms with Crippen LogP contribution in [0.4, 0.5) is 0 Å². The van der Waals surface area contributed by atoms with E-state index in [1.54, 1.807) is 0 Å². The molecule has 0 radical (unpaired) electrons. The minimum absolute atomic E-state index is 0.00360. The molecule has 0 spiro atoms.